The highest BCUT2D eigenvalue weighted by Crippen LogP contribution is 2.19. The summed E-state index contributed by atoms with van der Waals surface area (Å²) in [6.07, 6.45) is 2.16. The van der Waals surface area contributed by atoms with Gasteiger partial charge in [-0.25, -0.2) is 4.39 Å². The molecule has 0 radical (unpaired) electrons. The Kier molecular flexibility index (Phi) is 7.20. The number of benzene rings is 1. The number of hydrogen-bond donors (Lipinski definition) is 0. The molecule has 1 aromatic rings. The fourth-order valence-electron chi connectivity index (χ4n) is 2.17. The molecule has 0 aliphatic heterocycles. The van der Waals surface area contributed by atoms with Gasteiger partial charge in [0.1, 0.15) is 5.82 Å². The second-order valence-electron chi connectivity index (χ2n) is 4.37. The summed E-state index contributed by atoms with van der Waals surface area (Å²) >= 11 is 9.23. The van der Waals surface area contributed by atoms with Crippen LogP contribution in [0.1, 0.15) is 32.3 Å². The van der Waals surface area contributed by atoms with Crippen molar-refractivity contribution >= 4 is 27.5 Å². The van der Waals surface area contributed by atoms with Gasteiger partial charge in [0.05, 0.1) is 0 Å². The first-order chi connectivity index (χ1) is 8.62. The van der Waals surface area contributed by atoms with Crippen molar-refractivity contribution in [1.82, 2.24) is 4.90 Å². The molecular formula is C14H20BrClFN. The third-order valence-corrected chi connectivity index (χ3v) is 3.81. The molecule has 0 bridgehead atoms. The zero-order valence-electron chi connectivity index (χ0n) is 10.9. The summed E-state index contributed by atoms with van der Waals surface area (Å²) < 4.78 is 13.8. The summed E-state index contributed by atoms with van der Waals surface area (Å²) in [5, 5.41) is 1.35. The molecular weight excluding hydrogens is 317 g/mol. The van der Waals surface area contributed by atoms with Crippen LogP contribution in [-0.4, -0.2) is 22.8 Å². The van der Waals surface area contributed by atoms with Gasteiger partial charge in [0.15, 0.2) is 0 Å². The second kappa shape index (κ2) is 8.13. The van der Waals surface area contributed by atoms with E-state index in [4.69, 9.17) is 11.6 Å². The summed E-state index contributed by atoms with van der Waals surface area (Å²) in [6.45, 7) is 5.91. The molecule has 0 heterocycles. The van der Waals surface area contributed by atoms with Crippen molar-refractivity contribution in [3.05, 3.63) is 34.6 Å². The Morgan fingerprint density at radius 1 is 1.33 bits per heavy atom. The molecule has 1 nitrogen and oxygen atoms in total. The maximum Gasteiger partial charge on any atom is 0.129 e. The molecule has 0 saturated heterocycles. The smallest absolute Gasteiger partial charge is 0.129 e. The number of halogens is 3. The van der Waals surface area contributed by atoms with E-state index in [9.17, 15) is 4.39 Å². The second-order valence-corrected chi connectivity index (χ2v) is 5.59. The third-order valence-electron chi connectivity index (χ3n) is 3.22. The van der Waals surface area contributed by atoms with E-state index in [-0.39, 0.29) is 5.82 Å². The molecule has 0 aromatic heterocycles. The molecule has 0 unspecified atom stereocenters. The SMILES string of the molecule is CCC(CC)N(CCBr)Cc1ccc(Cl)cc1F. The van der Waals surface area contributed by atoms with Crippen LogP contribution in [0.4, 0.5) is 4.39 Å². The zero-order chi connectivity index (χ0) is 13.5. The molecule has 1 rings (SSSR count). The minimum atomic E-state index is -0.215. The Labute approximate surface area is 122 Å². The molecule has 0 saturated carbocycles. The van der Waals surface area contributed by atoms with Gasteiger partial charge in [-0.2, -0.15) is 0 Å². The van der Waals surface area contributed by atoms with E-state index in [0.717, 1.165) is 24.7 Å². The quantitative estimate of drug-likeness (QED) is 0.642. The van der Waals surface area contributed by atoms with Gasteiger partial charge in [-0.15, -0.1) is 0 Å². The monoisotopic (exact) mass is 335 g/mol. The van der Waals surface area contributed by atoms with Gasteiger partial charge in [0.25, 0.3) is 0 Å². The van der Waals surface area contributed by atoms with Crippen molar-refractivity contribution in [2.45, 2.75) is 39.3 Å². The Hall–Kier alpha value is -0.120. The lowest BCUT2D eigenvalue weighted by Crippen LogP contribution is -2.35. The molecule has 4 heteroatoms. The van der Waals surface area contributed by atoms with Crippen LogP contribution in [0, 0.1) is 5.82 Å². The van der Waals surface area contributed by atoms with E-state index in [0.29, 0.717) is 23.2 Å². The lowest BCUT2D eigenvalue weighted by atomic mass is 10.1. The van der Waals surface area contributed by atoms with Gasteiger partial charge in [0, 0.05) is 35.0 Å². The summed E-state index contributed by atoms with van der Waals surface area (Å²) in [5.74, 6) is -0.215. The van der Waals surface area contributed by atoms with E-state index in [2.05, 4.69) is 34.7 Å². The third kappa shape index (κ3) is 4.52. The largest absolute Gasteiger partial charge is 0.295 e. The molecule has 0 atom stereocenters. The van der Waals surface area contributed by atoms with Crippen LogP contribution in [0.25, 0.3) is 0 Å². The van der Waals surface area contributed by atoms with Crippen LogP contribution < -0.4 is 0 Å². The standard InChI is InChI=1S/C14H20BrClFN/c1-3-13(4-2)18(8-7-15)10-11-5-6-12(16)9-14(11)17/h5-6,9,13H,3-4,7-8,10H2,1-2H3. The Balaban J connectivity index is 2.82. The molecule has 0 N–H and O–H groups in total. The number of nitrogens with zero attached hydrogens (tertiary/aromatic N) is 1. The van der Waals surface area contributed by atoms with Crippen molar-refractivity contribution in [3.8, 4) is 0 Å². The molecule has 0 amide bonds. The molecule has 18 heavy (non-hydrogen) atoms. The lowest BCUT2D eigenvalue weighted by Gasteiger charge is -2.30. The Morgan fingerprint density at radius 2 is 2.00 bits per heavy atom. The fraction of sp³-hybridized carbons (Fsp3) is 0.571. The normalized spacial score (nSPS) is 11.5. The summed E-state index contributed by atoms with van der Waals surface area (Å²) in [5.41, 5.74) is 0.715. The van der Waals surface area contributed by atoms with E-state index >= 15 is 0 Å². The summed E-state index contributed by atoms with van der Waals surface area (Å²) in [6, 6.07) is 5.41. The van der Waals surface area contributed by atoms with Crippen molar-refractivity contribution in [1.29, 1.82) is 0 Å². The topological polar surface area (TPSA) is 3.24 Å². The average molecular weight is 337 g/mol. The van der Waals surface area contributed by atoms with E-state index < -0.39 is 0 Å². The van der Waals surface area contributed by atoms with Gasteiger partial charge in [-0.1, -0.05) is 47.4 Å². The predicted octanol–water partition coefficient (Wildman–Crippen LogP) is 4.86. The number of rotatable bonds is 7. The van der Waals surface area contributed by atoms with Crippen molar-refractivity contribution in [2.24, 2.45) is 0 Å². The van der Waals surface area contributed by atoms with Crippen molar-refractivity contribution in [3.63, 3.8) is 0 Å². The summed E-state index contributed by atoms with van der Waals surface area (Å²) in [4.78, 5) is 2.32. The van der Waals surface area contributed by atoms with Gasteiger partial charge in [-0.3, -0.25) is 4.90 Å². The average Bonchev–Trinajstić information content (AvgIpc) is 2.34. The highest BCUT2D eigenvalue weighted by atomic mass is 79.9. The van der Waals surface area contributed by atoms with Crippen molar-refractivity contribution < 1.29 is 4.39 Å². The minimum Gasteiger partial charge on any atom is -0.295 e. The molecule has 0 aliphatic rings. The van der Waals surface area contributed by atoms with E-state index in [1.165, 1.54) is 6.07 Å². The van der Waals surface area contributed by atoms with Crippen LogP contribution >= 0.6 is 27.5 Å². The first-order valence-electron chi connectivity index (χ1n) is 6.36. The minimum absolute atomic E-state index is 0.215. The molecule has 1 aromatic carbocycles. The van der Waals surface area contributed by atoms with Gasteiger partial charge < -0.3 is 0 Å². The van der Waals surface area contributed by atoms with E-state index in [1.54, 1.807) is 12.1 Å². The first kappa shape index (κ1) is 15.9. The Morgan fingerprint density at radius 3 is 2.50 bits per heavy atom. The maximum absolute atomic E-state index is 13.8. The lowest BCUT2D eigenvalue weighted by molar-refractivity contribution is 0.187. The van der Waals surface area contributed by atoms with Crippen LogP contribution in [0.5, 0.6) is 0 Å². The van der Waals surface area contributed by atoms with Crippen LogP contribution in [0.15, 0.2) is 18.2 Å². The van der Waals surface area contributed by atoms with Crippen LogP contribution in [0.2, 0.25) is 5.02 Å². The Bertz CT molecular complexity index is 369. The number of alkyl halides is 1. The first-order valence-corrected chi connectivity index (χ1v) is 7.86. The van der Waals surface area contributed by atoms with Gasteiger partial charge >= 0.3 is 0 Å². The molecule has 0 spiro atoms. The van der Waals surface area contributed by atoms with Crippen LogP contribution in [-0.2, 0) is 6.54 Å². The fourth-order valence-corrected chi connectivity index (χ4v) is 2.79. The molecule has 0 fully saturated rings. The summed E-state index contributed by atoms with van der Waals surface area (Å²) in [7, 11) is 0. The van der Waals surface area contributed by atoms with Crippen molar-refractivity contribution in [2.75, 3.05) is 11.9 Å². The highest BCUT2D eigenvalue weighted by molar-refractivity contribution is 9.09. The maximum atomic E-state index is 13.8. The van der Waals surface area contributed by atoms with Gasteiger partial charge in [-0.05, 0) is 25.0 Å². The van der Waals surface area contributed by atoms with E-state index in [1.807, 2.05) is 0 Å². The molecule has 0 aliphatic carbocycles. The predicted molar refractivity (Wildman–Crippen MR) is 80.0 cm³/mol. The van der Waals surface area contributed by atoms with Gasteiger partial charge in [0.2, 0.25) is 0 Å². The van der Waals surface area contributed by atoms with Crippen LogP contribution in [0.3, 0.4) is 0 Å². The zero-order valence-corrected chi connectivity index (χ0v) is 13.3. The highest BCUT2D eigenvalue weighted by Gasteiger charge is 2.16. The molecule has 102 valence electrons. The number of hydrogen-bond acceptors (Lipinski definition) is 1.